The van der Waals surface area contributed by atoms with Gasteiger partial charge in [0.2, 0.25) is 21.8 Å². The number of benzene rings is 2. The maximum Gasteiger partial charge on any atom is 0.244 e. The molecule has 0 unspecified atom stereocenters. The molecule has 2 aromatic rings. The van der Waals surface area contributed by atoms with Gasteiger partial charge in [-0.05, 0) is 56.0 Å². The normalized spacial score (nSPS) is 14.9. The minimum Gasteiger partial charge on any atom is -0.352 e. The zero-order chi connectivity index (χ0) is 26.5. The highest BCUT2D eigenvalue weighted by Crippen LogP contribution is 2.25. The van der Waals surface area contributed by atoms with Crippen LogP contribution in [0.1, 0.15) is 50.2 Å². The third-order valence-electron chi connectivity index (χ3n) is 6.44. The summed E-state index contributed by atoms with van der Waals surface area (Å²) < 4.78 is 26.4. The summed E-state index contributed by atoms with van der Waals surface area (Å²) in [7, 11) is -3.78. The summed E-state index contributed by atoms with van der Waals surface area (Å²) in [5, 5.41) is 3.90. The highest BCUT2D eigenvalue weighted by molar-refractivity contribution is 7.92. The molecule has 0 aromatic heterocycles. The van der Waals surface area contributed by atoms with Crippen LogP contribution < -0.4 is 9.62 Å². The second-order valence-corrected chi connectivity index (χ2v) is 12.0. The molecule has 0 saturated heterocycles. The average Bonchev–Trinajstić information content (AvgIpc) is 3.31. The van der Waals surface area contributed by atoms with Crippen molar-refractivity contribution in [1.82, 2.24) is 10.2 Å². The van der Waals surface area contributed by atoms with Gasteiger partial charge in [-0.1, -0.05) is 66.7 Å². The number of hydrogen-bond donors (Lipinski definition) is 1. The van der Waals surface area contributed by atoms with Crippen LogP contribution in [0, 0.1) is 6.92 Å². The summed E-state index contributed by atoms with van der Waals surface area (Å²) in [5.74, 6) is -0.746. The first-order valence-electron chi connectivity index (χ1n) is 12.1. The number of anilines is 1. The van der Waals surface area contributed by atoms with Crippen molar-refractivity contribution < 1.29 is 18.0 Å². The average molecular weight is 555 g/mol. The van der Waals surface area contributed by atoms with Crippen LogP contribution in [0.25, 0.3) is 0 Å². The molecule has 0 aliphatic heterocycles. The van der Waals surface area contributed by atoms with Crippen molar-refractivity contribution in [3.8, 4) is 0 Å². The molecule has 0 heterocycles. The molecular formula is C26H33Cl2N3O4S. The predicted octanol–water partition coefficient (Wildman–Crippen LogP) is 4.93. The Morgan fingerprint density at radius 2 is 1.72 bits per heavy atom. The molecule has 10 heteroatoms. The second kappa shape index (κ2) is 12.3. The number of carbonyl (C=O) groups is 2. The molecule has 7 nitrogen and oxygen atoms in total. The fourth-order valence-electron chi connectivity index (χ4n) is 4.45. The predicted molar refractivity (Wildman–Crippen MR) is 145 cm³/mol. The quantitative estimate of drug-likeness (QED) is 0.451. The van der Waals surface area contributed by atoms with Crippen molar-refractivity contribution in [2.45, 2.75) is 64.6 Å². The number of amides is 2. The van der Waals surface area contributed by atoms with Gasteiger partial charge in [-0.3, -0.25) is 13.9 Å². The van der Waals surface area contributed by atoms with Crippen LogP contribution >= 0.6 is 23.2 Å². The molecule has 1 fully saturated rings. The molecule has 1 aliphatic rings. The molecule has 196 valence electrons. The summed E-state index contributed by atoms with van der Waals surface area (Å²) in [6.07, 6.45) is 5.36. The van der Waals surface area contributed by atoms with Crippen LogP contribution in [0.15, 0.2) is 42.5 Å². The molecule has 36 heavy (non-hydrogen) atoms. The van der Waals surface area contributed by atoms with E-state index in [1.54, 1.807) is 42.5 Å². The smallest absolute Gasteiger partial charge is 0.244 e. The van der Waals surface area contributed by atoms with E-state index in [4.69, 9.17) is 23.2 Å². The van der Waals surface area contributed by atoms with Gasteiger partial charge in [0.15, 0.2) is 0 Å². The zero-order valence-electron chi connectivity index (χ0n) is 20.8. The molecular weight excluding hydrogens is 521 g/mol. The molecule has 2 aromatic carbocycles. The monoisotopic (exact) mass is 553 g/mol. The molecule has 1 N–H and O–H groups in total. The van der Waals surface area contributed by atoms with E-state index < -0.39 is 28.5 Å². The van der Waals surface area contributed by atoms with Gasteiger partial charge in [0.25, 0.3) is 0 Å². The third-order valence-corrected chi connectivity index (χ3v) is 8.17. The van der Waals surface area contributed by atoms with Gasteiger partial charge in [0.1, 0.15) is 12.6 Å². The topological polar surface area (TPSA) is 86.8 Å². The first kappa shape index (κ1) is 28.3. The Morgan fingerprint density at radius 3 is 2.28 bits per heavy atom. The second-order valence-electron chi connectivity index (χ2n) is 9.28. The van der Waals surface area contributed by atoms with Gasteiger partial charge in [-0.2, -0.15) is 0 Å². The van der Waals surface area contributed by atoms with E-state index in [0.717, 1.165) is 41.8 Å². The van der Waals surface area contributed by atoms with Crippen molar-refractivity contribution in [3.63, 3.8) is 0 Å². The lowest BCUT2D eigenvalue weighted by Gasteiger charge is -2.33. The summed E-state index contributed by atoms with van der Waals surface area (Å²) >= 11 is 12.4. The molecule has 1 saturated carbocycles. The van der Waals surface area contributed by atoms with Gasteiger partial charge in [0.05, 0.1) is 11.9 Å². The standard InChI is InChI=1S/C26H33Cl2N3O4S/c1-4-24(26(33)29-21-7-5-6-8-21)30(16-19-11-12-20(27)15-23(19)28)25(32)17-31(36(3,34)35)22-13-9-18(2)10-14-22/h9-15,21,24H,4-8,16-17H2,1-3H3,(H,29,33)/t24-/m0/s1. The highest BCUT2D eigenvalue weighted by Gasteiger charge is 2.33. The molecule has 0 radical (unpaired) electrons. The van der Waals surface area contributed by atoms with Crippen LogP contribution in [0.5, 0.6) is 0 Å². The van der Waals surface area contributed by atoms with Crippen LogP contribution in [-0.4, -0.2) is 50.0 Å². The number of hydrogen-bond acceptors (Lipinski definition) is 4. The van der Waals surface area contributed by atoms with Crippen molar-refractivity contribution >= 4 is 50.7 Å². The van der Waals surface area contributed by atoms with Gasteiger partial charge in [0, 0.05) is 22.6 Å². The number of sulfonamides is 1. The Labute approximate surface area is 223 Å². The Bertz CT molecular complexity index is 1180. The highest BCUT2D eigenvalue weighted by atomic mass is 35.5. The van der Waals surface area contributed by atoms with Crippen LogP contribution in [0.4, 0.5) is 5.69 Å². The molecule has 3 rings (SSSR count). The molecule has 0 spiro atoms. The third kappa shape index (κ3) is 7.37. The maximum absolute atomic E-state index is 13.7. The minimum absolute atomic E-state index is 0.0386. The first-order valence-corrected chi connectivity index (χ1v) is 14.7. The Kier molecular flexibility index (Phi) is 9.66. The van der Waals surface area contributed by atoms with E-state index in [2.05, 4.69) is 5.32 Å². The van der Waals surface area contributed by atoms with Gasteiger partial charge in [-0.15, -0.1) is 0 Å². The van der Waals surface area contributed by atoms with Crippen molar-refractivity contribution in [2.75, 3.05) is 17.1 Å². The number of rotatable bonds is 10. The Hall–Kier alpha value is -2.29. The van der Waals surface area contributed by atoms with E-state index in [0.29, 0.717) is 27.7 Å². The van der Waals surface area contributed by atoms with Crippen molar-refractivity contribution in [2.24, 2.45) is 0 Å². The summed E-state index contributed by atoms with van der Waals surface area (Å²) in [6.45, 7) is 3.32. The lowest BCUT2D eigenvalue weighted by molar-refractivity contribution is -0.140. The Balaban J connectivity index is 1.94. The SMILES string of the molecule is CC[C@@H](C(=O)NC1CCCC1)N(Cc1ccc(Cl)cc1Cl)C(=O)CN(c1ccc(C)cc1)S(C)(=O)=O. The Morgan fingerprint density at radius 1 is 1.08 bits per heavy atom. The molecule has 2 amide bonds. The summed E-state index contributed by atoms with van der Waals surface area (Å²) in [4.78, 5) is 28.5. The number of nitrogens with one attached hydrogen (secondary N) is 1. The van der Waals surface area contributed by atoms with Crippen molar-refractivity contribution in [1.29, 1.82) is 0 Å². The molecule has 1 aliphatic carbocycles. The number of halogens is 2. The van der Waals surface area contributed by atoms with E-state index in [1.807, 2.05) is 13.8 Å². The number of nitrogens with zero attached hydrogens (tertiary/aromatic N) is 2. The van der Waals surface area contributed by atoms with Crippen LogP contribution in [0.3, 0.4) is 0 Å². The van der Waals surface area contributed by atoms with Crippen LogP contribution in [-0.2, 0) is 26.2 Å². The molecule has 1 atom stereocenters. The minimum atomic E-state index is -3.78. The van der Waals surface area contributed by atoms with Gasteiger partial charge >= 0.3 is 0 Å². The lowest BCUT2D eigenvalue weighted by atomic mass is 10.1. The van der Waals surface area contributed by atoms with Crippen LogP contribution in [0.2, 0.25) is 10.0 Å². The largest absolute Gasteiger partial charge is 0.352 e. The van der Waals surface area contributed by atoms with E-state index in [9.17, 15) is 18.0 Å². The summed E-state index contributed by atoms with van der Waals surface area (Å²) in [6, 6.07) is 11.1. The van der Waals surface area contributed by atoms with Gasteiger partial charge < -0.3 is 10.2 Å². The molecule has 0 bridgehead atoms. The van der Waals surface area contributed by atoms with Crippen molar-refractivity contribution in [3.05, 3.63) is 63.6 Å². The maximum atomic E-state index is 13.7. The van der Waals surface area contributed by atoms with E-state index in [-0.39, 0.29) is 18.5 Å². The lowest BCUT2D eigenvalue weighted by Crippen LogP contribution is -2.53. The fraction of sp³-hybridized carbons (Fsp3) is 0.462. The van der Waals surface area contributed by atoms with Gasteiger partial charge in [-0.25, -0.2) is 8.42 Å². The fourth-order valence-corrected chi connectivity index (χ4v) is 5.76. The van der Waals surface area contributed by atoms with E-state index in [1.165, 1.54) is 4.90 Å². The first-order chi connectivity index (χ1) is 17.0. The zero-order valence-corrected chi connectivity index (χ0v) is 23.2. The summed E-state index contributed by atoms with van der Waals surface area (Å²) in [5.41, 5.74) is 1.96. The number of carbonyl (C=O) groups excluding carboxylic acids is 2. The van der Waals surface area contributed by atoms with E-state index >= 15 is 0 Å². The number of aryl methyl sites for hydroxylation is 1.